The van der Waals surface area contributed by atoms with Crippen molar-refractivity contribution in [2.45, 2.75) is 45.2 Å². The van der Waals surface area contributed by atoms with Gasteiger partial charge in [-0.1, -0.05) is 18.2 Å². The maximum absolute atomic E-state index is 12.3. The number of rotatable bonds is 6. The van der Waals surface area contributed by atoms with E-state index >= 15 is 0 Å². The first kappa shape index (κ1) is 27.2. The smallest absolute Gasteiger partial charge is 0.219 e. The van der Waals surface area contributed by atoms with Crippen LogP contribution in [0, 0.1) is 0 Å². The fourth-order valence-electron chi connectivity index (χ4n) is 6.63. The molecule has 0 bridgehead atoms. The third-order valence-corrected chi connectivity index (χ3v) is 9.10. The number of ether oxygens (including phenoxy) is 1. The first-order valence-corrected chi connectivity index (χ1v) is 15.3. The Morgan fingerprint density at radius 3 is 2.69 bits per heavy atom. The maximum Gasteiger partial charge on any atom is 0.219 e. The number of fused-ring (bicyclic) bond motifs is 2. The summed E-state index contributed by atoms with van der Waals surface area (Å²) in [5.41, 5.74) is 7.52. The zero-order valence-corrected chi connectivity index (χ0v) is 24.4. The average Bonchev–Trinajstić information content (AvgIpc) is 3.43. The molecule has 42 heavy (non-hydrogen) atoms. The Hall–Kier alpha value is -3.66. The highest BCUT2D eigenvalue weighted by atomic mass is 16.5. The molecule has 3 aromatic heterocycles. The second kappa shape index (κ2) is 11.9. The largest absolute Gasteiger partial charge is 0.381 e. The molecule has 0 spiro atoms. The first-order valence-electron chi connectivity index (χ1n) is 15.3. The Labute approximate surface area is 246 Å². The van der Waals surface area contributed by atoms with Crippen molar-refractivity contribution in [2.24, 2.45) is 0 Å². The molecule has 0 unspecified atom stereocenters. The molecule has 0 atom stereocenters. The minimum Gasteiger partial charge on any atom is -0.381 e. The zero-order valence-electron chi connectivity index (χ0n) is 24.4. The van der Waals surface area contributed by atoms with Gasteiger partial charge < -0.3 is 19.9 Å². The van der Waals surface area contributed by atoms with Crippen LogP contribution in [0.4, 0.5) is 0 Å². The molecule has 1 N–H and O–H groups in total. The summed E-state index contributed by atoms with van der Waals surface area (Å²) in [5.74, 6) is 0.109. The lowest BCUT2D eigenvalue weighted by atomic mass is 9.96. The van der Waals surface area contributed by atoms with Gasteiger partial charge in [-0.05, 0) is 36.4 Å². The van der Waals surface area contributed by atoms with Crippen LogP contribution < -0.4 is 5.32 Å². The molecular formula is C33H39N7O2. The maximum atomic E-state index is 12.3. The molecule has 9 heteroatoms. The van der Waals surface area contributed by atoms with E-state index < -0.39 is 0 Å². The van der Waals surface area contributed by atoms with Crippen molar-refractivity contribution >= 4 is 16.7 Å². The molecular weight excluding hydrogens is 526 g/mol. The molecule has 0 saturated carbocycles. The average molecular weight is 566 g/mol. The molecule has 3 aliphatic heterocycles. The van der Waals surface area contributed by atoms with E-state index in [9.17, 15) is 4.79 Å². The van der Waals surface area contributed by atoms with Gasteiger partial charge in [0.2, 0.25) is 5.91 Å². The van der Waals surface area contributed by atoms with Gasteiger partial charge in [0.15, 0.2) is 0 Å². The zero-order chi connectivity index (χ0) is 28.5. The van der Waals surface area contributed by atoms with Crippen LogP contribution in [0.25, 0.3) is 33.3 Å². The van der Waals surface area contributed by atoms with Crippen molar-refractivity contribution in [3.8, 4) is 22.5 Å². The number of benzene rings is 1. The summed E-state index contributed by atoms with van der Waals surface area (Å²) in [5, 5.41) is 10.8. The summed E-state index contributed by atoms with van der Waals surface area (Å²) >= 11 is 0. The fourth-order valence-corrected chi connectivity index (χ4v) is 6.63. The third-order valence-electron chi connectivity index (χ3n) is 9.10. The molecule has 1 amide bonds. The van der Waals surface area contributed by atoms with Gasteiger partial charge in [-0.25, -0.2) is 0 Å². The Bertz CT molecular complexity index is 1570. The van der Waals surface area contributed by atoms with Crippen molar-refractivity contribution in [3.63, 3.8) is 0 Å². The van der Waals surface area contributed by atoms with E-state index in [1.165, 1.54) is 11.3 Å². The lowest BCUT2D eigenvalue weighted by molar-refractivity contribution is -0.129. The minimum absolute atomic E-state index is 0.109. The van der Waals surface area contributed by atoms with Gasteiger partial charge in [0.05, 0.1) is 17.4 Å². The summed E-state index contributed by atoms with van der Waals surface area (Å²) in [4.78, 5) is 26.4. The van der Waals surface area contributed by atoms with Gasteiger partial charge in [-0.2, -0.15) is 5.10 Å². The van der Waals surface area contributed by atoms with Gasteiger partial charge in [0.25, 0.3) is 0 Å². The minimum atomic E-state index is 0.109. The normalized spacial score (nSPS) is 18.4. The summed E-state index contributed by atoms with van der Waals surface area (Å²) < 4.78 is 7.89. The lowest BCUT2D eigenvalue weighted by Crippen LogP contribution is -2.44. The van der Waals surface area contributed by atoms with E-state index in [0.717, 1.165) is 117 Å². The monoisotopic (exact) mass is 565 g/mol. The number of nitrogens with zero attached hydrogens (tertiary/aromatic N) is 6. The Morgan fingerprint density at radius 2 is 1.90 bits per heavy atom. The molecule has 0 aliphatic carbocycles. The summed E-state index contributed by atoms with van der Waals surface area (Å²) in [6.45, 7) is 9.91. The number of hydrogen-bond donors (Lipinski definition) is 1. The Kier molecular flexibility index (Phi) is 7.71. The second-order valence-electron chi connectivity index (χ2n) is 11.7. The van der Waals surface area contributed by atoms with Crippen LogP contribution in [0.3, 0.4) is 0 Å². The highest BCUT2D eigenvalue weighted by molar-refractivity contribution is 5.97. The summed E-state index contributed by atoms with van der Waals surface area (Å²) in [6, 6.07) is 13.1. The van der Waals surface area contributed by atoms with E-state index in [0.29, 0.717) is 12.6 Å². The van der Waals surface area contributed by atoms with Crippen LogP contribution in [-0.2, 0) is 28.9 Å². The van der Waals surface area contributed by atoms with Gasteiger partial charge in [-0.3, -0.25) is 19.4 Å². The lowest BCUT2D eigenvalue weighted by Gasteiger charge is -2.29. The van der Waals surface area contributed by atoms with Crippen molar-refractivity contribution in [1.82, 2.24) is 34.9 Å². The van der Waals surface area contributed by atoms with E-state index in [1.54, 1.807) is 6.92 Å². The highest BCUT2D eigenvalue weighted by Gasteiger charge is 2.30. The van der Waals surface area contributed by atoms with Crippen LogP contribution in [0.1, 0.15) is 42.8 Å². The predicted octanol–water partition coefficient (Wildman–Crippen LogP) is 3.86. The van der Waals surface area contributed by atoms with Crippen LogP contribution in [0.15, 0.2) is 48.8 Å². The third kappa shape index (κ3) is 5.44. The van der Waals surface area contributed by atoms with Gasteiger partial charge in [0.1, 0.15) is 0 Å². The number of carbonyl (C=O) groups is 1. The Balaban J connectivity index is 1.18. The second-order valence-corrected chi connectivity index (χ2v) is 11.7. The number of aromatic nitrogens is 4. The summed E-state index contributed by atoms with van der Waals surface area (Å²) in [6.07, 6.45) is 7.64. The topological polar surface area (TPSA) is 88.4 Å². The molecule has 2 saturated heterocycles. The van der Waals surface area contributed by atoms with E-state index in [2.05, 4.69) is 51.3 Å². The number of carbonyl (C=O) groups excluding carboxylic acids is 1. The van der Waals surface area contributed by atoms with E-state index in [-0.39, 0.29) is 5.91 Å². The van der Waals surface area contributed by atoms with Crippen LogP contribution in [-0.4, -0.2) is 87.9 Å². The molecule has 9 nitrogen and oxygen atoms in total. The van der Waals surface area contributed by atoms with E-state index in [1.807, 2.05) is 17.3 Å². The van der Waals surface area contributed by atoms with Crippen LogP contribution >= 0.6 is 0 Å². The Morgan fingerprint density at radius 1 is 1.05 bits per heavy atom. The standard InChI is InChI=1S/C33H39N7O2/c1-23(41)39-14-8-32-30(22-39)33(37-40(32)27-9-17-42-18-10-27)28-4-2-3-24-19-31(36-21-29(24)28)25-5-6-26(35-20-25)7-13-38-15-11-34-12-16-38/h2-6,19-21,27,34H,7-18,22H2,1H3. The predicted molar refractivity (Wildman–Crippen MR) is 163 cm³/mol. The molecule has 7 rings (SSSR count). The SMILES string of the molecule is CC(=O)N1CCc2c(c(-c3cccc4cc(-c5ccc(CCN6CCNCC6)nc5)ncc34)nn2C2CCOCC2)C1. The summed E-state index contributed by atoms with van der Waals surface area (Å²) in [7, 11) is 0. The fraction of sp³-hybridized carbons (Fsp3) is 0.455. The quantitative estimate of drug-likeness (QED) is 0.380. The van der Waals surface area contributed by atoms with Crippen molar-refractivity contribution < 1.29 is 9.53 Å². The number of amides is 1. The highest BCUT2D eigenvalue weighted by Crippen LogP contribution is 2.37. The molecule has 4 aromatic rings. The van der Waals surface area contributed by atoms with Crippen LogP contribution in [0.2, 0.25) is 0 Å². The number of piperazine rings is 1. The number of pyridine rings is 2. The molecule has 218 valence electrons. The van der Waals surface area contributed by atoms with Crippen LogP contribution in [0.5, 0.6) is 0 Å². The molecule has 2 fully saturated rings. The number of hydrogen-bond acceptors (Lipinski definition) is 7. The van der Waals surface area contributed by atoms with Gasteiger partial charge >= 0.3 is 0 Å². The van der Waals surface area contributed by atoms with E-state index in [4.69, 9.17) is 19.8 Å². The molecule has 3 aliphatic rings. The van der Waals surface area contributed by atoms with Crippen molar-refractivity contribution in [2.75, 3.05) is 52.5 Å². The molecule has 0 radical (unpaired) electrons. The van der Waals surface area contributed by atoms with Crippen molar-refractivity contribution in [3.05, 3.63) is 65.7 Å². The molecule has 6 heterocycles. The first-order chi connectivity index (χ1) is 20.6. The van der Waals surface area contributed by atoms with Gasteiger partial charge in [0, 0.05) is 125 Å². The molecule has 1 aromatic carbocycles. The number of nitrogens with one attached hydrogen (secondary N) is 1. The van der Waals surface area contributed by atoms with Crippen molar-refractivity contribution in [1.29, 1.82) is 0 Å². The van der Waals surface area contributed by atoms with Gasteiger partial charge in [-0.15, -0.1) is 0 Å².